The standard InChI is InChI=1S/C21H20F2N6O4S/c1-11-4-5-14(9-17(11)34(24,31)32)27-20-25-10-12(2)18(28-20)26-13-6-7-16-15(8-13)29(3)19(30)21(22,23)33-16/h4-10H,1-3H3,(H2,24,31,32)(H2,25,26,27,28). The number of benzene rings is 2. The van der Waals surface area contributed by atoms with Gasteiger partial charge in [0, 0.05) is 30.2 Å². The van der Waals surface area contributed by atoms with E-state index in [-0.39, 0.29) is 22.3 Å². The summed E-state index contributed by atoms with van der Waals surface area (Å²) in [5.41, 5.74) is 2.21. The quantitative estimate of drug-likeness (QED) is 0.496. The van der Waals surface area contributed by atoms with Crippen LogP contribution in [-0.4, -0.2) is 37.4 Å². The van der Waals surface area contributed by atoms with E-state index < -0.39 is 22.0 Å². The van der Waals surface area contributed by atoms with E-state index in [1.165, 1.54) is 31.3 Å². The zero-order chi connectivity index (χ0) is 24.8. The third-order valence-electron chi connectivity index (χ3n) is 5.10. The smallest absolute Gasteiger partial charge is 0.423 e. The van der Waals surface area contributed by atoms with Crippen LogP contribution in [-0.2, 0) is 14.8 Å². The van der Waals surface area contributed by atoms with Crippen molar-refractivity contribution in [1.82, 2.24) is 9.97 Å². The topological polar surface area (TPSA) is 140 Å². The third kappa shape index (κ3) is 4.47. The average Bonchev–Trinajstić information content (AvgIpc) is 2.75. The number of hydrogen-bond acceptors (Lipinski definition) is 8. The van der Waals surface area contributed by atoms with Crippen LogP contribution in [0, 0.1) is 13.8 Å². The summed E-state index contributed by atoms with van der Waals surface area (Å²) in [4.78, 5) is 21.2. The summed E-state index contributed by atoms with van der Waals surface area (Å²) in [6, 6.07) is 8.96. The molecule has 0 bridgehead atoms. The lowest BCUT2D eigenvalue weighted by Gasteiger charge is -2.31. The Kier molecular flexibility index (Phi) is 5.61. The Bertz CT molecular complexity index is 1410. The highest BCUT2D eigenvalue weighted by molar-refractivity contribution is 7.89. The molecule has 13 heteroatoms. The number of halogens is 2. The van der Waals surface area contributed by atoms with Gasteiger partial charge in [0.05, 0.1) is 10.6 Å². The Labute approximate surface area is 193 Å². The maximum absolute atomic E-state index is 13.7. The number of carbonyl (C=O) groups is 1. The number of likely N-dealkylation sites (N-methyl/N-ethyl adjacent to an activating group) is 1. The largest absolute Gasteiger partial charge is 0.482 e. The van der Waals surface area contributed by atoms with Gasteiger partial charge in [-0.3, -0.25) is 4.79 Å². The zero-order valence-corrected chi connectivity index (χ0v) is 19.1. The van der Waals surface area contributed by atoms with Gasteiger partial charge in [0.1, 0.15) is 5.82 Å². The summed E-state index contributed by atoms with van der Waals surface area (Å²) in [6.45, 7) is 3.39. The maximum atomic E-state index is 13.7. The molecule has 1 aliphatic rings. The predicted molar refractivity (Wildman–Crippen MR) is 121 cm³/mol. The Morgan fingerprint density at radius 2 is 1.74 bits per heavy atom. The molecule has 178 valence electrons. The molecule has 10 nitrogen and oxygen atoms in total. The lowest BCUT2D eigenvalue weighted by atomic mass is 10.2. The number of nitrogens with two attached hydrogens (primary N) is 1. The minimum atomic E-state index is -3.93. The van der Waals surface area contributed by atoms with Crippen molar-refractivity contribution < 1.29 is 26.7 Å². The van der Waals surface area contributed by atoms with Crippen LogP contribution in [0.5, 0.6) is 5.75 Å². The molecule has 1 aliphatic heterocycles. The molecule has 0 atom stereocenters. The van der Waals surface area contributed by atoms with Gasteiger partial charge in [-0.05, 0) is 49.7 Å². The number of aryl methyl sites for hydroxylation is 2. The first-order valence-corrected chi connectivity index (χ1v) is 11.4. The highest BCUT2D eigenvalue weighted by Crippen LogP contribution is 2.40. The van der Waals surface area contributed by atoms with Crippen LogP contribution in [0.1, 0.15) is 11.1 Å². The number of alkyl halides is 2. The van der Waals surface area contributed by atoms with Crippen molar-refractivity contribution in [3.63, 3.8) is 0 Å². The Morgan fingerprint density at radius 3 is 2.44 bits per heavy atom. The summed E-state index contributed by atoms with van der Waals surface area (Å²) in [5, 5.41) is 11.3. The van der Waals surface area contributed by atoms with Crippen molar-refractivity contribution in [2.45, 2.75) is 24.9 Å². The number of primary sulfonamides is 1. The number of carbonyl (C=O) groups excluding carboxylic acids is 1. The highest BCUT2D eigenvalue weighted by atomic mass is 32.2. The molecular weight excluding hydrogens is 470 g/mol. The number of amides is 1. The number of ether oxygens (including phenoxy) is 1. The van der Waals surface area contributed by atoms with Crippen LogP contribution in [0.2, 0.25) is 0 Å². The summed E-state index contributed by atoms with van der Waals surface area (Å²) in [5.74, 6) is -1.04. The SMILES string of the molecule is Cc1ccc(Nc2ncc(C)c(Nc3ccc4c(c3)N(C)C(=O)C(F)(F)O4)n2)cc1S(N)(=O)=O. The number of nitrogens with one attached hydrogen (secondary N) is 2. The van der Waals surface area contributed by atoms with Crippen molar-refractivity contribution in [2.75, 3.05) is 22.6 Å². The Morgan fingerprint density at radius 1 is 1.06 bits per heavy atom. The van der Waals surface area contributed by atoms with Gasteiger partial charge in [0.2, 0.25) is 16.0 Å². The summed E-state index contributed by atoms with van der Waals surface area (Å²) >= 11 is 0. The molecule has 2 aromatic carbocycles. The lowest BCUT2D eigenvalue weighted by molar-refractivity contribution is -0.192. The number of sulfonamides is 1. The van der Waals surface area contributed by atoms with Gasteiger partial charge < -0.3 is 20.3 Å². The van der Waals surface area contributed by atoms with Crippen molar-refractivity contribution >= 4 is 44.8 Å². The molecule has 0 saturated heterocycles. The second-order valence-corrected chi connectivity index (χ2v) is 9.20. The molecule has 0 spiro atoms. The second kappa shape index (κ2) is 8.18. The minimum Gasteiger partial charge on any atom is -0.423 e. The fourth-order valence-corrected chi connectivity index (χ4v) is 4.12. The number of nitrogens with zero attached hydrogens (tertiary/aromatic N) is 3. The Hall–Kier alpha value is -3.84. The van der Waals surface area contributed by atoms with Gasteiger partial charge in [-0.15, -0.1) is 0 Å². The van der Waals surface area contributed by atoms with E-state index in [0.29, 0.717) is 28.3 Å². The number of rotatable bonds is 5. The van der Waals surface area contributed by atoms with Crippen molar-refractivity contribution in [1.29, 1.82) is 0 Å². The molecule has 3 aromatic rings. The van der Waals surface area contributed by atoms with E-state index in [1.807, 2.05) is 0 Å². The van der Waals surface area contributed by atoms with Gasteiger partial charge in [0.25, 0.3) is 0 Å². The number of hydrogen-bond donors (Lipinski definition) is 3. The molecule has 2 heterocycles. The molecule has 0 fully saturated rings. The highest BCUT2D eigenvalue weighted by Gasteiger charge is 2.49. The molecule has 0 radical (unpaired) electrons. The number of anilines is 5. The molecule has 34 heavy (non-hydrogen) atoms. The van der Waals surface area contributed by atoms with Crippen LogP contribution in [0.3, 0.4) is 0 Å². The molecule has 4 N–H and O–H groups in total. The minimum absolute atomic E-state index is 0.0246. The van der Waals surface area contributed by atoms with Crippen LogP contribution >= 0.6 is 0 Å². The van der Waals surface area contributed by atoms with Crippen LogP contribution < -0.4 is 25.4 Å². The molecule has 0 aliphatic carbocycles. The third-order valence-corrected chi connectivity index (χ3v) is 6.15. The summed E-state index contributed by atoms with van der Waals surface area (Å²) < 4.78 is 55.4. The zero-order valence-electron chi connectivity index (χ0n) is 18.3. The maximum Gasteiger partial charge on any atom is 0.482 e. The fourth-order valence-electron chi connectivity index (χ4n) is 3.31. The second-order valence-electron chi connectivity index (χ2n) is 7.67. The first-order chi connectivity index (χ1) is 15.8. The molecule has 1 aromatic heterocycles. The van der Waals surface area contributed by atoms with Crippen LogP contribution in [0.25, 0.3) is 0 Å². The number of fused-ring (bicyclic) bond motifs is 1. The van der Waals surface area contributed by atoms with Crippen molar-refractivity contribution in [2.24, 2.45) is 5.14 Å². The fraction of sp³-hybridized carbons (Fsp3) is 0.190. The first kappa shape index (κ1) is 23.3. The predicted octanol–water partition coefficient (Wildman–Crippen LogP) is 3.18. The van der Waals surface area contributed by atoms with E-state index in [4.69, 9.17) is 5.14 Å². The van der Waals surface area contributed by atoms with Crippen LogP contribution in [0.15, 0.2) is 47.5 Å². The van der Waals surface area contributed by atoms with E-state index in [0.717, 1.165) is 4.90 Å². The van der Waals surface area contributed by atoms with E-state index in [2.05, 4.69) is 25.3 Å². The van der Waals surface area contributed by atoms with E-state index in [9.17, 15) is 22.0 Å². The molecule has 0 saturated carbocycles. The van der Waals surface area contributed by atoms with Crippen molar-refractivity contribution in [3.05, 3.63) is 53.7 Å². The molecule has 0 unspecified atom stereocenters. The van der Waals surface area contributed by atoms with Gasteiger partial charge in [-0.25, -0.2) is 18.5 Å². The summed E-state index contributed by atoms with van der Waals surface area (Å²) in [6.07, 6.45) is -2.39. The molecule has 4 rings (SSSR count). The van der Waals surface area contributed by atoms with Gasteiger partial charge in [-0.2, -0.15) is 13.8 Å². The Balaban J connectivity index is 1.60. The normalized spacial score (nSPS) is 14.9. The molecule has 1 amide bonds. The number of aromatic nitrogens is 2. The monoisotopic (exact) mass is 490 g/mol. The average molecular weight is 490 g/mol. The van der Waals surface area contributed by atoms with Gasteiger partial charge >= 0.3 is 12.0 Å². The van der Waals surface area contributed by atoms with Crippen LogP contribution in [0.4, 0.5) is 37.6 Å². The first-order valence-electron chi connectivity index (χ1n) is 9.85. The molecular formula is C21H20F2N6O4S. The lowest BCUT2D eigenvalue weighted by Crippen LogP contribution is -2.49. The summed E-state index contributed by atoms with van der Waals surface area (Å²) in [7, 11) is -2.67. The van der Waals surface area contributed by atoms with E-state index >= 15 is 0 Å². The van der Waals surface area contributed by atoms with E-state index in [1.54, 1.807) is 32.2 Å². The van der Waals surface area contributed by atoms with Gasteiger partial charge in [-0.1, -0.05) is 6.07 Å². The van der Waals surface area contributed by atoms with Crippen molar-refractivity contribution in [3.8, 4) is 5.75 Å². The van der Waals surface area contributed by atoms with Gasteiger partial charge in [0.15, 0.2) is 5.75 Å².